The average Bonchev–Trinajstić information content (AvgIpc) is 3.20. The topological polar surface area (TPSA) is 126 Å². The fourth-order valence-corrected chi connectivity index (χ4v) is 5.06. The van der Waals surface area contributed by atoms with E-state index in [2.05, 4.69) is 5.32 Å². The number of anilines is 2. The summed E-state index contributed by atoms with van der Waals surface area (Å²) in [6.45, 7) is 3.01. The molecule has 1 fully saturated rings. The minimum Gasteiger partial charge on any atom is -0.458 e. The third-order valence-electron chi connectivity index (χ3n) is 6.53. The second-order valence-corrected chi connectivity index (χ2v) is 8.67. The summed E-state index contributed by atoms with van der Waals surface area (Å²) in [5, 5.41) is 3.14. The molecule has 0 saturated carbocycles. The summed E-state index contributed by atoms with van der Waals surface area (Å²) in [7, 11) is 0. The molecule has 1 atom stereocenters. The Morgan fingerprint density at radius 2 is 1.89 bits per heavy atom. The molecule has 1 saturated heterocycles. The van der Waals surface area contributed by atoms with Crippen molar-refractivity contribution in [3.63, 3.8) is 0 Å². The smallest absolute Gasteiger partial charge is 0.354 e. The van der Waals surface area contributed by atoms with Gasteiger partial charge in [0.15, 0.2) is 0 Å². The molecule has 3 heterocycles. The zero-order valence-electron chi connectivity index (χ0n) is 19.7. The lowest BCUT2D eigenvalue weighted by molar-refractivity contribution is -0.158. The number of rotatable bonds is 5. The van der Waals surface area contributed by atoms with Crippen molar-refractivity contribution in [2.75, 3.05) is 16.8 Å². The summed E-state index contributed by atoms with van der Waals surface area (Å²) in [5.74, 6) is -1.66. The van der Waals surface area contributed by atoms with Gasteiger partial charge >= 0.3 is 11.6 Å². The summed E-state index contributed by atoms with van der Waals surface area (Å²) < 4.78 is 11.0. The number of ether oxygens (including phenoxy) is 1. The number of hydrogen-bond donors (Lipinski definition) is 1. The molecule has 1 N–H and O–H groups in total. The lowest BCUT2D eigenvalue weighted by Gasteiger charge is -2.48. The summed E-state index contributed by atoms with van der Waals surface area (Å²) in [4.78, 5) is 66.2. The molecule has 2 aromatic carbocycles. The maximum absolute atomic E-state index is 13.7. The molecular formula is C26H23N3O7. The number of carbonyl (C=O) groups is 4. The van der Waals surface area contributed by atoms with E-state index >= 15 is 0 Å². The molecule has 0 radical (unpaired) electrons. The Labute approximate surface area is 205 Å². The van der Waals surface area contributed by atoms with Gasteiger partial charge in [-0.15, -0.1) is 0 Å². The number of hydrogen-bond acceptors (Lipinski definition) is 7. The van der Waals surface area contributed by atoms with Crippen LogP contribution in [0.15, 0.2) is 57.7 Å². The Bertz CT molecular complexity index is 1490. The number of nitrogens with zero attached hydrogens (tertiary/aromatic N) is 2. The highest BCUT2D eigenvalue weighted by Crippen LogP contribution is 2.45. The third-order valence-corrected chi connectivity index (χ3v) is 6.53. The Morgan fingerprint density at radius 3 is 2.64 bits per heavy atom. The van der Waals surface area contributed by atoms with E-state index in [0.29, 0.717) is 27.9 Å². The predicted molar refractivity (Wildman–Crippen MR) is 129 cm³/mol. The highest BCUT2D eigenvalue weighted by atomic mass is 16.5. The van der Waals surface area contributed by atoms with Crippen LogP contribution in [0.3, 0.4) is 0 Å². The lowest BCUT2D eigenvalue weighted by atomic mass is 9.96. The number of fused-ring (bicyclic) bond motifs is 4. The van der Waals surface area contributed by atoms with Gasteiger partial charge in [0.1, 0.15) is 12.2 Å². The number of amides is 3. The zero-order valence-corrected chi connectivity index (χ0v) is 19.7. The van der Waals surface area contributed by atoms with Crippen molar-refractivity contribution < 1.29 is 28.3 Å². The van der Waals surface area contributed by atoms with Crippen LogP contribution in [-0.2, 0) is 25.7 Å². The van der Waals surface area contributed by atoms with Crippen LogP contribution in [0.5, 0.6) is 0 Å². The first-order valence-electron chi connectivity index (χ1n) is 11.5. The highest BCUT2D eigenvalue weighted by Gasteiger charge is 2.61. The standard InChI is InChI=1S/C26H23N3O7/c1-3-28-24(33)19-6-4-5-7-20(19)29-22(31)10-11-26(28,29)25(34)35-14-16-12-23(32)36-21-13-17(27-15(2)30)8-9-18(16)21/h4-9,12-13H,3,10-11,14H2,1-2H3,(H,27,30)/t26-/m1/s1. The van der Waals surface area contributed by atoms with Crippen LogP contribution in [0.25, 0.3) is 11.0 Å². The molecule has 10 heteroatoms. The highest BCUT2D eigenvalue weighted by molar-refractivity contribution is 6.15. The number of para-hydroxylation sites is 1. The van der Waals surface area contributed by atoms with Crippen LogP contribution in [0.2, 0.25) is 0 Å². The van der Waals surface area contributed by atoms with Crippen LogP contribution < -0.4 is 15.8 Å². The van der Waals surface area contributed by atoms with Gasteiger partial charge in [0.2, 0.25) is 17.5 Å². The van der Waals surface area contributed by atoms with Gasteiger partial charge in [0.05, 0.1) is 11.3 Å². The second-order valence-electron chi connectivity index (χ2n) is 8.67. The monoisotopic (exact) mass is 489 g/mol. The maximum Gasteiger partial charge on any atom is 0.354 e. The predicted octanol–water partition coefficient (Wildman–Crippen LogP) is 2.79. The lowest BCUT2D eigenvalue weighted by Crippen LogP contribution is -2.68. The van der Waals surface area contributed by atoms with E-state index in [9.17, 15) is 24.0 Å². The molecule has 2 aliphatic heterocycles. The molecule has 0 aliphatic carbocycles. The Balaban J connectivity index is 1.50. The van der Waals surface area contributed by atoms with Crippen LogP contribution in [0.4, 0.5) is 11.4 Å². The fourth-order valence-electron chi connectivity index (χ4n) is 5.06. The number of likely N-dealkylation sites (N-methyl/N-ethyl adjacent to an activating group) is 1. The maximum atomic E-state index is 13.7. The van der Waals surface area contributed by atoms with Crippen molar-refractivity contribution in [2.24, 2.45) is 0 Å². The SMILES string of the molecule is CCN1C(=O)c2ccccc2N2C(=O)CC[C@@]12C(=O)OCc1cc(=O)oc2cc(NC(C)=O)ccc12. The molecule has 184 valence electrons. The van der Waals surface area contributed by atoms with Crippen molar-refractivity contribution in [1.29, 1.82) is 0 Å². The van der Waals surface area contributed by atoms with E-state index in [-0.39, 0.29) is 49.3 Å². The van der Waals surface area contributed by atoms with Crippen molar-refractivity contribution in [1.82, 2.24) is 4.90 Å². The molecule has 1 aromatic heterocycles. The first-order chi connectivity index (χ1) is 17.3. The van der Waals surface area contributed by atoms with Crippen LogP contribution in [-0.4, -0.2) is 40.8 Å². The first-order valence-corrected chi connectivity index (χ1v) is 11.5. The Hall–Kier alpha value is -4.47. The van der Waals surface area contributed by atoms with E-state index in [4.69, 9.17) is 9.15 Å². The van der Waals surface area contributed by atoms with E-state index in [1.807, 2.05) is 0 Å². The first kappa shape index (κ1) is 23.3. The van der Waals surface area contributed by atoms with Crippen molar-refractivity contribution in [2.45, 2.75) is 39.0 Å². The zero-order chi connectivity index (χ0) is 25.6. The number of esters is 1. The van der Waals surface area contributed by atoms with Crippen molar-refractivity contribution in [3.8, 4) is 0 Å². The molecule has 3 aromatic rings. The van der Waals surface area contributed by atoms with Gasteiger partial charge < -0.3 is 19.4 Å². The normalized spacial score (nSPS) is 18.7. The van der Waals surface area contributed by atoms with Gasteiger partial charge in [0, 0.05) is 55.1 Å². The third kappa shape index (κ3) is 3.53. The molecule has 0 unspecified atom stereocenters. The van der Waals surface area contributed by atoms with Gasteiger partial charge in [0.25, 0.3) is 5.91 Å². The summed E-state index contributed by atoms with van der Waals surface area (Å²) in [6, 6.07) is 12.7. The van der Waals surface area contributed by atoms with E-state index in [1.54, 1.807) is 43.3 Å². The van der Waals surface area contributed by atoms with E-state index in [0.717, 1.165) is 0 Å². The van der Waals surface area contributed by atoms with Gasteiger partial charge in [-0.25, -0.2) is 9.59 Å². The second kappa shape index (κ2) is 8.63. The summed E-state index contributed by atoms with van der Waals surface area (Å²) in [6.07, 6.45) is 0.174. The molecule has 0 spiro atoms. The van der Waals surface area contributed by atoms with Crippen LogP contribution in [0, 0.1) is 0 Å². The van der Waals surface area contributed by atoms with Crippen molar-refractivity contribution in [3.05, 3.63) is 70.1 Å². The van der Waals surface area contributed by atoms with E-state index in [1.165, 1.54) is 28.9 Å². The van der Waals surface area contributed by atoms with Gasteiger partial charge in [-0.3, -0.25) is 19.3 Å². The molecule has 0 bridgehead atoms. The molecular weight excluding hydrogens is 466 g/mol. The van der Waals surface area contributed by atoms with Gasteiger partial charge in [-0.1, -0.05) is 12.1 Å². The molecule has 10 nitrogen and oxygen atoms in total. The quantitative estimate of drug-likeness (QED) is 0.431. The largest absolute Gasteiger partial charge is 0.458 e. The van der Waals surface area contributed by atoms with Crippen LogP contribution in [0.1, 0.15) is 42.6 Å². The average molecular weight is 489 g/mol. The Morgan fingerprint density at radius 1 is 1.11 bits per heavy atom. The molecule has 5 rings (SSSR count). The fraction of sp³-hybridized carbons (Fsp3) is 0.269. The number of nitrogens with one attached hydrogen (secondary N) is 1. The minimum absolute atomic E-state index is 0.0804. The summed E-state index contributed by atoms with van der Waals surface area (Å²) in [5.41, 5.74) is -0.479. The summed E-state index contributed by atoms with van der Waals surface area (Å²) >= 11 is 0. The molecule has 36 heavy (non-hydrogen) atoms. The number of carbonyl (C=O) groups excluding carboxylic acids is 4. The minimum atomic E-state index is -1.61. The van der Waals surface area contributed by atoms with Crippen LogP contribution >= 0.6 is 0 Å². The van der Waals surface area contributed by atoms with E-state index < -0.39 is 17.3 Å². The van der Waals surface area contributed by atoms with Crippen molar-refractivity contribution >= 4 is 46.0 Å². The van der Waals surface area contributed by atoms with Gasteiger partial charge in [-0.05, 0) is 31.2 Å². The number of benzene rings is 2. The Kier molecular flexibility index (Phi) is 5.58. The molecule has 3 amide bonds. The molecule has 2 aliphatic rings. The van der Waals surface area contributed by atoms with Gasteiger partial charge in [-0.2, -0.15) is 0 Å².